The number of nitrogens with zero attached hydrogens (tertiary/aromatic N) is 1. The molecule has 0 saturated carbocycles. The second-order valence-electron chi connectivity index (χ2n) is 2.42. The predicted octanol–water partition coefficient (Wildman–Crippen LogP) is -2.51. The van der Waals surface area contributed by atoms with Crippen molar-refractivity contribution < 1.29 is 44.6 Å². The Labute approximate surface area is 102 Å². The molecule has 0 unspecified atom stereocenters. The van der Waals surface area contributed by atoms with E-state index in [0.717, 1.165) is 6.54 Å². The van der Waals surface area contributed by atoms with E-state index in [2.05, 4.69) is 4.74 Å². The molecule has 0 aromatic rings. The third kappa shape index (κ3) is 14.9. The van der Waals surface area contributed by atoms with Gasteiger partial charge in [-0.3, -0.25) is 0 Å². The van der Waals surface area contributed by atoms with Crippen molar-refractivity contribution in [2.24, 2.45) is 0 Å². The van der Waals surface area contributed by atoms with Crippen molar-refractivity contribution in [1.82, 2.24) is 4.90 Å². The average Bonchev–Trinajstić information content (AvgIpc) is 1.87. The predicted molar refractivity (Wildman–Crippen MR) is 46.3 cm³/mol. The van der Waals surface area contributed by atoms with Crippen molar-refractivity contribution in [2.75, 3.05) is 27.2 Å². The third-order valence-electron chi connectivity index (χ3n) is 1.01. The zero-order chi connectivity index (χ0) is 8.69. The van der Waals surface area contributed by atoms with E-state index in [1.54, 1.807) is 13.0 Å². The summed E-state index contributed by atoms with van der Waals surface area (Å²) in [6.07, 6.45) is 3.22. The van der Waals surface area contributed by atoms with Crippen molar-refractivity contribution in [3.63, 3.8) is 0 Å². The molecule has 0 aliphatic heterocycles. The summed E-state index contributed by atoms with van der Waals surface area (Å²) >= 11 is 0. The van der Waals surface area contributed by atoms with E-state index in [1.165, 1.54) is 6.08 Å². The molecule has 0 fully saturated rings. The van der Waals surface area contributed by atoms with Crippen molar-refractivity contribution in [2.45, 2.75) is 6.92 Å². The zero-order valence-electron chi connectivity index (χ0n) is 8.78. The molecule has 0 saturated heterocycles. The fourth-order valence-electron chi connectivity index (χ4n) is 0.550. The van der Waals surface area contributed by atoms with Crippen molar-refractivity contribution in [3.8, 4) is 0 Å². The summed E-state index contributed by atoms with van der Waals surface area (Å²) in [5.41, 5.74) is 0. The maximum Gasteiger partial charge on any atom is 1.00 e. The van der Waals surface area contributed by atoms with Crippen molar-refractivity contribution in [1.29, 1.82) is 0 Å². The molecule has 72 valence electrons. The fraction of sp³-hybridized carbons (Fsp3) is 0.625. The Bertz CT molecular complexity index is 148. The van der Waals surface area contributed by atoms with Crippen LogP contribution in [0.5, 0.6) is 0 Å². The standard InChI is InChI=1S/C8H15NO2.Na.H2O/c1-4-11-8(10)6-5-7-9(2)3;;/h5-6H,4,7H2,1-3H3;;1H2/q;+1;/p-1/b6-5+;;. The first-order valence-electron chi connectivity index (χ1n) is 3.64. The van der Waals surface area contributed by atoms with Gasteiger partial charge < -0.3 is 15.1 Å². The van der Waals surface area contributed by atoms with Crippen LogP contribution in [0.4, 0.5) is 0 Å². The zero-order valence-corrected chi connectivity index (χ0v) is 10.8. The summed E-state index contributed by atoms with van der Waals surface area (Å²) in [4.78, 5) is 12.7. The molecule has 13 heavy (non-hydrogen) atoms. The molecule has 0 aliphatic rings. The Kier molecular flexibility index (Phi) is 17.6. The van der Waals surface area contributed by atoms with Crippen LogP contribution in [0.15, 0.2) is 12.2 Å². The minimum atomic E-state index is -0.269. The van der Waals surface area contributed by atoms with Gasteiger partial charge in [0.15, 0.2) is 0 Å². The maximum absolute atomic E-state index is 10.7. The van der Waals surface area contributed by atoms with Gasteiger partial charge in [-0.05, 0) is 21.0 Å². The topological polar surface area (TPSA) is 59.5 Å². The summed E-state index contributed by atoms with van der Waals surface area (Å²) in [5, 5.41) is 0. The minimum Gasteiger partial charge on any atom is -0.870 e. The number of carbonyl (C=O) groups is 1. The Morgan fingerprint density at radius 3 is 2.38 bits per heavy atom. The van der Waals surface area contributed by atoms with Crippen LogP contribution in [0, 0.1) is 0 Å². The quantitative estimate of drug-likeness (QED) is 0.284. The molecule has 0 rings (SSSR count). The molecule has 0 aliphatic carbocycles. The Balaban J connectivity index is -0.000000500. The Morgan fingerprint density at radius 1 is 1.46 bits per heavy atom. The van der Waals surface area contributed by atoms with E-state index >= 15 is 0 Å². The molecular weight excluding hydrogens is 181 g/mol. The minimum absolute atomic E-state index is 0. The second-order valence-corrected chi connectivity index (χ2v) is 2.42. The van der Waals surface area contributed by atoms with Gasteiger partial charge in [0.25, 0.3) is 0 Å². The molecule has 1 N–H and O–H groups in total. The Hall–Kier alpha value is 0.130. The van der Waals surface area contributed by atoms with Gasteiger partial charge in [-0.2, -0.15) is 0 Å². The Morgan fingerprint density at radius 2 is 2.00 bits per heavy atom. The summed E-state index contributed by atoms with van der Waals surface area (Å²) in [6.45, 7) is 2.99. The fourth-order valence-corrected chi connectivity index (χ4v) is 0.550. The number of hydrogen-bond acceptors (Lipinski definition) is 4. The van der Waals surface area contributed by atoms with Gasteiger partial charge in [0.1, 0.15) is 0 Å². The first kappa shape index (κ1) is 18.8. The summed E-state index contributed by atoms with van der Waals surface area (Å²) in [7, 11) is 3.88. The van der Waals surface area contributed by atoms with Gasteiger partial charge in [-0.15, -0.1) is 0 Å². The number of likely N-dealkylation sites (N-methyl/N-ethyl adjacent to an activating group) is 1. The van der Waals surface area contributed by atoms with E-state index in [-0.39, 0.29) is 41.0 Å². The van der Waals surface area contributed by atoms with Gasteiger partial charge in [0.05, 0.1) is 6.61 Å². The molecule has 0 heterocycles. The average molecular weight is 197 g/mol. The SMILES string of the molecule is CCOC(=O)/C=C/CN(C)C.[Na+].[OH-]. The number of carbonyl (C=O) groups excluding carboxylic acids is 1. The van der Waals surface area contributed by atoms with Gasteiger partial charge in [-0.25, -0.2) is 4.79 Å². The smallest absolute Gasteiger partial charge is 0.870 e. The second kappa shape index (κ2) is 12.1. The van der Waals surface area contributed by atoms with Crippen LogP contribution in [-0.4, -0.2) is 43.6 Å². The molecule has 0 aromatic heterocycles. The first-order valence-corrected chi connectivity index (χ1v) is 3.64. The van der Waals surface area contributed by atoms with E-state index in [1.807, 2.05) is 19.0 Å². The van der Waals surface area contributed by atoms with Crippen LogP contribution in [-0.2, 0) is 9.53 Å². The molecule has 0 aromatic carbocycles. The molecule has 0 amide bonds. The summed E-state index contributed by atoms with van der Waals surface area (Å²) in [5.74, 6) is -0.269. The largest absolute Gasteiger partial charge is 1.00 e. The summed E-state index contributed by atoms with van der Waals surface area (Å²) in [6, 6.07) is 0. The van der Waals surface area contributed by atoms with Crippen LogP contribution in [0.3, 0.4) is 0 Å². The van der Waals surface area contributed by atoms with Crippen LogP contribution in [0.25, 0.3) is 0 Å². The monoisotopic (exact) mass is 197 g/mol. The van der Waals surface area contributed by atoms with E-state index in [4.69, 9.17) is 0 Å². The van der Waals surface area contributed by atoms with Gasteiger partial charge >= 0.3 is 35.5 Å². The van der Waals surface area contributed by atoms with Gasteiger partial charge in [0, 0.05) is 12.6 Å². The van der Waals surface area contributed by atoms with Crippen LogP contribution < -0.4 is 29.6 Å². The molecule has 0 spiro atoms. The molecule has 0 bridgehead atoms. The van der Waals surface area contributed by atoms with E-state index in [9.17, 15) is 4.79 Å². The first-order chi connectivity index (χ1) is 5.16. The molecule has 5 heteroatoms. The van der Waals surface area contributed by atoms with Crippen LogP contribution >= 0.6 is 0 Å². The number of ether oxygens (including phenoxy) is 1. The van der Waals surface area contributed by atoms with Crippen molar-refractivity contribution >= 4 is 5.97 Å². The van der Waals surface area contributed by atoms with Crippen LogP contribution in [0.1, 0.15) is 6.92 Å². The molecular formula is C8H16NNaO3. The number of esters is 1. The van der Waals surface area contributed by atoms with Gasteiger partial charge in [-0.1, -0.05) is 6.08 Å². The normalized spacial score (nSPS) is 9.23. The van der Waals surface area contributed by atoms with E-state index < -0.39 is 0 Å². The van der Waals surface area contributed by atoms with Gasteiger partial charge in [0.2, 0.25) is 0 Å². The van der Waals surface area contributed by atoms with E-state index in [0.29, 0.717) is 6.61 Å². The number of hydrogen-bond donors (Lipinski definition) is 0. The van der Waals surface area contributed by atoms with Crippen LogP contribution in [0.2, 0.25) is 0 Å². The van der Waals surface area contributed by atoms with Crippen molar-refractivity contribution in [3.05, 3.63) is 12.2 Å². The number of rotatable bonds is 4. The molecule has 4 nitrogen and oxygen atoms in total. The molecule has 0 atom stereocenters. The molecule has 0 radical (unpaired) electrons. The third-order valence-corrected chi connectivity index (χ3v) is 1.01. The maximum atomic E-state index is 10.7. The summed E-state index contributed by atoms with van der Waals surface area (Å²) < 4.78 is 4.68.